The summed E-state index contributed by atoms with van der Waals surface area (Å²) in [7, 11) is 0. The number of nitrogens with one attached hydrogen (secondary N) is 1. The Kier molecular flexibility index (Phi) is 4.21. The number of nitro groups is 1. The van der Waals surface area contributed by atoms with Gasteiger partial charge in [0.2, 0.25) is 6.79 Å². The maximum atomic E-state index is 12.4. The molecule has 3 aromatic rings. The normalized spacial score (nSPS) is 12.0. The second kappa shape index (κ2) is 6.69. The number of hydrogen-bond acceptors (Lipinski definition) is 7. The average molecular weight is 383 g/mol. The van der Waals surface area contributed by atoms with Crippen LogP contribution in [0.1, 0.15) is 15.2 Å². The lowest BCUT2D eigenvalue weighted by Crippen LogP contribution is -2.11. The molecule has 136 valence electrons. The number of nitro benzene ring substituents is 1. The summed E-state index contributed by atoms with van der Waals surface area (Å²) >= 11 is 1.35. The Morgan fingerprint density at radius 2 is 1.93 bits per heavy atom. The number of anilines is 1. The number of benzene rings is 2. The van der Waals surface area contributed by atoms with Gasteiger partial charge in [0.05, 0.1) is 10.6 Å². The molecule has 9 heteroatoms. The van der Waals surface area contributed by atoms with E-state index in [1.165, 1.54) is 35.6 Å². The number of amides is 1. The number of rotatable bonds is 4. The van der Waals surface area contributed by atoms with Gasteiger partial charge in [0.25, 0.3) is 11.6 Å². The highest BCUT2D eigenvalue weighted by molar-refractivity contribution is 7.16. The first-order chi connectivity index (χ1) is 13.0. The van der Waals surface area contributed by atoms with Crippen LogP contribution >= 0.6 is 11.3 Å². The van der Waals surface area contributed by atoms with E-state index in [1.54, 1.807) is 0 Å². The lowest BCUT2D eigenvalue weighted by atomic mass is 10.1. The van der Waals surface area contributed by atoms with E-state index in [2.05, 4.69) is 10.3 Å². The summed E-state index contributed by atoms with van der Waals surface area (Å²) in [5.74, 6) is 0.977. The van der Waals surface area contributed by atoms with Crippen LogP contribution in [0.5, 0.6) is 11.5 Å². The van der Waals surface area contributed by atoms with E-state index < -0.39 is 4.92 Å². The quantitative estimate of drug-likeness (QED) is 0.539. The zero-order valence-electron chi connectivity index (χ0n) is 14.1. The Balaban J connectivity index is 1.54. The number of carbonyl (C=O) groups excluding carboxylic acids is 1. The van der Waals surface area contributed by atoms with Crippen molar-refractivity contribution < 1.29 is 19.2 Å². The number of aromatic nitrogens is 1. The molecule has 0 bridgehead atoms. The van der Waals surface area contributed by atoms with Gasteiger partial charge in [0.15, 0.2) is 16.6 Å². The first-order valence-electron chi connectivity index (χ1n) is 7.94. The van der Waals surface area contributed by atoms with Crippen LogP contribution in [0.15, 0.2) is 42.5 Å². The molecule has 0 aliphatic carbocycles. The minimum absolute atomic E-state index is 0.0678. The first-order valence-corrected chi connectivity index (χ1v) is 8.76. The molecule has 2 aromatic carbocycles. The van der Waals surface area contributed by atoms with E-state index in [-0.39, 0.29) is 18.4 Å². The molecule has 1 N–H and O–H groups in total. The predicted octanol–water partition coefficient (Wildman–Crippen LogP) is 4.01. The molecule has 1 aliphatic heterocycles. The van der Waals surface area contributed by atoms with Crippen molar-refractivity contribution in [1.82, 2.24) is 4.98 Å². The number of hydrogen-bond donors (Lipinski definition) is 1. The smallest absolute Gasteiger partial charge is 0.269 e. The molecule has 0 radical (unpaired) electrons. The van der Waals surface area contributed by atoms with Crippen LogP contribution in [-0.2, 0) is 0 Å². The highest BCUT2D eigenvalue weighted by Crippen LogP contribution is 2.38. The topological polar surface area (TPSA) is 104 Å². The van der Waals surface area contributed by atoms with Gasteiger partial charge in [0, 0.05) is 28.1 Å². The van der Waals surface area contributed by atoms with Crippen molar-refractivity contribution >= 4 is 28.1 Å². The van der Waals surface area contributed by atoms with Crippen LogP contribution in [-0.4, -0.2) is 22.6 Å². The fraction of sp³-hybridized carbons (Fsp3) is 0.111. The van der Waals surface area contributed by atoms with Crippen LogP contribution in [0.3, 0.4) is 0 Å². The summed E-state index contributed by atoms with van der Waals surface area (Å²) in [6, 6.07) is 11.0. The molecule has 1 aliphatic rings. The second-order valence-corrected chi connectivity index (χ2v) is 6.95. The van der Waals surface area contributed by atoms with Crippen LogP contribution in [0.2, 0.25) is 0 Å². The first kappa shape index (κ1) is 17.0. The zero-order chi connectivity index (χ0) is 19.0. The molecule has 0 atom stereocenters. The fourth-order valence-electron chi connectivity index (χ4n) is 2.67. The lowest BCUT2D eigenvalue weighted by Gasteiger charge is -2.02. The Bertz CT molecular complexity index is 1050. The molecule has 4 rings (SSSR count). The minimum Gasteiger partial charge on any atom is -0.454 e. The Labute approximate surface area is 157 Å². The molecule has 27 heavy (non-hydrogen) atoms. The number of carbonyl (C=O) groups is 1. The van der Waals surface area contributed by atoms with E-state index in [0.717, 1.165) is 16.1 Å². The van der Waals surface area contributed by atoms with Gasteiger partial charge in [-0.3, -0.25) is 20.2 Å². The third kappa shape index (κ3) is 3.32. The van der Waals surface area contributed by atoms with Crippen molar-refractivity contribution in [2.24, 2.45) is 0 Å². The Morgan fingerprint density at radius 1 is 1.19 bits per heavy atom. The van der Waals surface area contributed by atoms with Crippen molar-refractivity contribution in [2.75, 3.05) is 12.1 Å². The molecule has 0 saturated carbocycles. The molecule has 0 spiro atoms. The average Bonchev–Trinajstić information content (AvgIpc) is 3.27. The minimum atomic E-state index is -0.510. The largest absolute Gasteiger partial charge is 0.454 e. The van der Waals surface area contributed by atoms with Crippen LogP contribution in [0, 0.1) is 17.0 Å². The molecule has 0 saturated heterocycles. The summed E-state index contributed by atoms with van der Waals surface area (Å²) in [6.45, 7) is 2.12. The van der Waals surface area contributed by atoms with Crippen molar-refractivity contribution in [3.63, 3.8) is 0 Å². The van der Waals surface area contributed by atoms with Gasteiger partial charge in [-0.15, -0.1) is 11.3 Å². The van der Waals surface area contributed by atoms with Gasteiger partial charge in [-0.2, -0.15) is 0 Å². The lowest BCUT2D eigenvalue weighted by molar-refractivity contribution is -0.384. The maximum Gasteiger partial charge on any atom is 0.269 e. The number of thiazole rings is 1. The summed E-state index contributed by atoms with van der Waals surface area (Å²) in [4.78, 5) is 28.0. The summed E-state index contributed by atoms with van der Waals surface area (Å²) in [5.41, 5.74) is 1.86. The highest BCUT2D eigenvalue weighted by Gasteiger charge is 2.18. The Hall–Kier alpha value is -3.46. The van der Waals surface area contributed by atoms with Crippen LogP contribution in [0.4, 0.5) is 10.8 Å². The number of aryl methyl sites for hydroxylation is 1. The zero-order valence-corrected chi connectivity index (χ0v) is 14.9. The molecular weight excluding hydrogens is 370 g/mol. The van der Waals surface area contributed by atoms with Gasteiger partial charge < -0.3 is 9.47 Å². The van der Waals surface area contributed by atoms with Gasteiger partial charge in [0.1, 0.15) is 0 Å². The number of ether oxygens (including phenoxy) is 2. The summed E-state index contributed by atoms with van der Waals surface area (Å²) < 4.78 is 10.7. The highest BCUT2D eigenvalue weighted by atomic mass is 32.1. The summed E-state index contributed by atoms with van der Waals surface area (Å²) in [5, 5.41) is 13.9. The van der Waals surface area contributed by atoms with Crippen molar-refractivity contribution in [3.8, 4) is 22.8 Å². The van der Waals surface area contributed by atoms with Gasteiger partial charge in [-0.25, -0.2) is 4.98 Å². The van der Waals surface area contributed by atoms with Crippen molar-refractivity contribution in [2.45, 2.75) is 6.92 Å². The van der Waals surface area contributed by atoms with E-state index >= 15 is 0 Å². The van der Waals surface area contributed by atoms with Crippen LogP contribution < -0.4 is 14.8 Å². The molecule has 0 fully saturated rings. The van der Waals surface area contributed by atoms with E-state index in [1.807, 2.05) is 25.1 Å². The van der Waals surface area contributed by atoms with E-state index in [0.29, 0.717) is 22.2 Å². The summed E-state index contributed by atoms with van der Waals surface area (Å²) in [6.07, 6.45) is 0. The third-order valence-corrected chi connectivity index (χ3v) is 4.89. The molecule has 2 heterocycles. The number of non-ortho nitro benzene ring substituents is 1. The molecule has 0 unspecified atom stereocenters. The van der Waals surface area contributed by atoms with Crippen molar-refractivity contribution in [3.05, 3.63) is 63.0 Å². The van der Waals surface area contributed by atoms with Crippen molar-refractivity contribution in [1.29, 1.82) is 0 Å². The number of nitrogens with zero attached hydrogens (tertiary/aromatic N) is 2. The maximum absolute atomic E-state index is 12.4. The SMILES string of the molecule is Cc1sc(NC(=O)c2ccc([N+](=O)[O-])cc2)nc1-c1ccc2c(c1)OCO2. The monoisotopic (exact) mass is 383 g/mol. The third-order valence-electron chi connectivity index (χ3n) is 4.00. The second-order valence-electron chi connectivity index (χ2n) is 5.75. The molecular formula is C18H13N3O5S. The number of fused-ring (bicyclic) bond motifs is 1. The van der Waals surface area contributed by atoms with Gasteiger partial charge >= 0.3 is 0 Å². The van der Waals surface area contributed by atoms with Crippen LogP contribution in [0.25, 0.3) is 11.3 Å². The van der Waals surface area contributed by atoms with E-state index in [9.17, 15) is 14.9 Å². The molecule has 1 amide bonds. The van der Waals surface area contributed by atoms with E-state index in [4.69, 9.17) is 9.47 Å². The Morgan fingerprint density at radius 3 is 2.67 bits per heavy atom. The van der Waals surface area contributed by atoms with Gasteiger partial charge in [-0.05, 0) is 37.3 Å². The molecule has 8 nitrogen and oxygen atoms in total. The molecule has 1 aromatic heterocycles. The van der Waals surface area contributed by atoms with Gasteiger partial charge in [-0.1, -0.05) is 0 Å². The fourth-order valence-corrected chi connectivity index (χ4v) is 3.50. The predicted molar refractivity (Wildman–Crippen MR) is 99.5 cm³/mol. The standard InChI is InChI=1S/C18H13N3O5S/c1-10-16(12-4-7-14-15(8-12)26-9-25-14)19-18(27-10)20-17(22)11-2-5-13(6-3-11)21(23)24/h2-8H,9H2,1H3,(H,19,20,22).